The Kier molecular flexibility index (Phi) is 5.26. The molecule has 1 saturated heterocycles. The summed E-state index contributed by atoms with van der Waals surface area (Å²) in [4.78, 5) is 16.9. The van der Waals surface area contributed by atoms with E-state index in [1.807, 2.05) is 0 Å². The van der Waals surface area contributed by atoms with E-state index in [1.165, 1.54) is 36.0 Å². The second-order valence-electron chi connectivity index (χ2n) is 5.76. The van der Waals surface area contributed by atoms with Crippen molar-refractivity contribution in [2.45, 2.75) is 0 Å². The zero-order valence-electron chi connectivity index (χ0n) is 14.1. The number of thioether (sulfide) groups is 1. The van der Waals surface area contributed by atoms with Crippen LogP contribution in [-0.4, -0.2) is 11.1 Å². The lowest BCUT2D eigenvalue weighted by Gasteiger charge is -2.02. The Hall–Kier alpha value is -2.54. The maximum Gasteiger partial charge on any atom is 0.264 e. The number of aliphatic imine (C=N–C) groups is 1. The molecule has 1 amide bonds. The highest BCUT2D eigenvalue weighted by Crippen LogP contribution is 2.36. The molecule has 1 aromatic heterocycles. The van der Waals surface area contributed by atoms with Crippen molar-refractivity contribution in [3.63, 3.8) is 0 Å². The van der Waals surface area contributed by atoms with Gasteiger partial charge in [-0.05, 0) is 60.3 Å². The average molecular weight is 433 g/mol. The topological polar surface area (TPSA) is 54.6 Å². The van der Waals surface area contributed by atoms with Gasteiger partial charge in [0.05, 0.1) is 26.2 Å². The molecule has 2 heterocycles. The second-order valence-corrected chi connectivity index (χ2v) is 7.60. The van der Waals surface area contributed by atoms with Crippen LogP contribution in [0.25, 0.3) is 17.4 Å². The highest BCUT2D eigenvalue weighted by molar-refractivity contribution is 8.18. The Labute approximate surface area is 174 Å². The Morgan fingerprint density at radius 2 is 1.75 bits per heavy atom. The first kappa shape index (κ1) is 18.8. The summed E-state index contributed by atoms with van der Waals surface area (Å²) in [5.74, 6) is 0.345. The van der Waals surface area contributed by atoms with E-state index in [-0.39, 0.29) is 11.7 Å². The number of hydrogen-bond donors (Lipinski definition) is 1. The summed E-state index contributed by atoms with van der Waals surface area (Å²) < 4.78 is 18.8. The van der Waals surface area contributed by atoms with Gasteiger partial charge in [-0.15, -0.1) is 0 Å². The lowest BCUT2D eigenvalue weighted by molar-refractivity contribution is -0.115. The third kappa shape index (κ3) is 3.99. The van der Waals surface area contributed by atoms with Gasteiger partial charge in [0, 0.05) is 6.08 Å². The first-order valence-electron chi connectivity index (χ1n) is 8.09. The summed E-state index contributed by atoms with van der Waals surface area (Å²) >= 11 is 13.6. The SMILES string of the molecule is O=C1NC(=Nc2ccc(F)cc2)S/C1=C/c1ccc(-c2c(Cl)cccc2Cl)o1. The lowest BCUT2D eigenvalue weighted by Crippen LogP contribution is -2.19. The molecule has 1 fully saturated rings. The van der Waals surface area contributed by atoms with E-state index in [1.54, 1.807) is 36.4 Å². The molecule has 1 aliphatic heterocycles. The number of halogens is 3. The summed E-state index contributed by atoms with van der Waals surface area (Å²) in [6, 6.07) is 14.3. The number of amidine groups is 1. The lowest BCUT2D eigenvalue weighted by atomic mass is 10.2. The van der Waals surface area contributed by atoms with Crippen molar-refractivity contribution >= 4 is 57.8 Å². The van der Waals surface area contributed by atoms with Crippen LogP contribution in [0.1, 0.15) is 5.76 Å². The Bertz CT molecular complexity index is 1100. The summed E-state index contributed by atoms with van der Waals surface area (Å²) in [6.07, 6.45) is 1.61. The fourth-order valence-electron chi connectivity index (χ4n) is 2.54. The standard InChI is InChI=1S/C20H11Cl2FN2O2S/c21-14-2-1-3-15(22)18(14)16-9-8-13(27-16)10-17-19(26)25-20(28-17)24-12-6-4-11(23)5-7-12/h1-10H,(H,24,25,26)/b17-10+. The quantitative estimate of drug-likeness (QED) is 0.495. The van der Waals surface area contributed by atoms with Crippen LogP contribution in [0.2, 0.25) is 10.0 Å². The van der Waals surface area contributed by atoms with E-state index in [2.05, 4.69) is 10.3 Å². The molecular formula is C20H11Cl2FN2O2S. The van der Waals surface area contributed by atoms with Gasteiger partial charge in [0.15, 0.2) is 5.17 Å². The molecule has 28 heavy (non-hydrogen) atoms. The van der Waals surface area contributed by atoms with Gasteiger partial charge >= 0.3 is 0 Å². The molecule has 0 radical (unpaired) electrons. The Morgan fingerprint density at radius 3 is 2.46 bits per heavy atom. The first-order valence-corrected chi connectivity index (χ1v) is 9.66. The van der Waals surface area contributed by atoms with Crippen molar-refractivity contribution in [1.82, 2.24) is 5.32 Å². The van der Waals surface area contributed by atoms with Gasteiger partial charge in [-0.3, -0.25) is 4.79 Å². The van der Waals surface area contributed by atoms with E-state index < -0.39 is 0 Å². The normalized spacial score (nSPS) is 16.8. The summed E-state index contributed by atoms with van der Waals surface area (Å²) in [5.41, 5.74) is 1.14. The van der Waals surface area contributed by atoms with E-state index >= 15 is 0 Å². The highest BCUT2D eigenvalue weighted by Gasteiger charge is 2.24. The van der Waals surface area contributed by atoms with Crippen LogP contribution in [0, 0.1) is 5.82 Å². The zero-order chi connectivity index (χ0) is 19.7. The fourth-order valence-corrected chi connectivity index (χ4v) is 3.95. The van der Waals surface area contributed by atoms with Gasteiger partial charge in [0.1, 0.15) is 17.3 Å². The van der Waals surface area contributed by atoms with Gasteiger partial charge in [0.25, 0.3) is 5.91 Å². The number of hydrogen-bond acceptors (Lipinski definition) is 4. The van der Waals surface area contributed by atoms with E-state index in [4.69, 9.17) is 27.6 Å². The van der Waals surface area contributed by atoms with Crippen molar-refractivity contribution in [2.24, 2.45) is 4.99 Å². The largest absolute Gasteiger partial charge is 0.457 e. The van der Waals surface area contributed by atoms with E-state index in [9.17, 15) is 9.18 Å². The molecule has 1 N–H and O–H groups in total. The number of nitrogens with one attached hydrogen (secondary N) is 1. The number of benzene rings is 2. The molecule has 4 rings (SSSR count). The van der Waals surface area contributed by atoms with Crippen LogP contribution in [0.5, 0.6) is 0 Å². The molecule has 0 aliphatic carbocycles. The number of amides is 1. The van der Waals surface area contributed by atoms with Crippen LogP contribution >= 0.6 is 35.0 Å². The van der Waals surface area contributed by atoms with Gasteiger partial charge in [-0.2, -0.15) is 0 Å². The van der Waals surface area contributed by atoms with Crippen LogP contribution in [-0.2, 0) is 4.79 Å². The van der Waals surface area contributed by atoms with Gasteiger partial charge in [0.2, 0.25) is 0 Å². The molecule has 140 valence electrons. The molecule has 1 aliphatic rings. The molecular weight excluding hydrogens is 422 g/mol. The van der Waals surface area contributed by atoms with E-state index in [0.717, 1.165) is 0 Å². The molecule has 4 nitrogen and oxygen atoms in total. The predicted molar refractivity (Wildman–Crippen MR) is 111 cm³/mol. The van der Waals surface area contributed by atoms with Crippen molar-refractivity contribution in [2.75, 3.05) is 0 Å². The molecule has 0 unspecified atom stereocenters. The van der Waals surface area contributed by atoms with Crippen molar-refractivity contribution in [3.8, 4) is 11.3 Å². The van der Waals surface area contributed by atoms with Gasteiger partial charge < -0.3 is 9.73 Å². The Morgan fingerprint density at radius 1 is 1.04 bits per heavy atom. The molecule has 0 atom stereocenters. The predicted octanol–water partition coefficient (Wildman–Crippen LogP) is 6.28. The summed E-state index contributed by atoms with van der Waals surface area (Å²) in [5, 5.41) is 4.03. The number of rotatable bonds is 3. The molecule has 3 aromatic rings. The molecule has 2 aromatic carbocycles. The fraction of sp³-hybridized carbons (Fsp3) is 0. The monoisotopic (exact) mass is 432 g/mol. The number of carbonyl (C=O) groups is 1. The van der Waals surface area contributed by atoms with Crippen molar-refractivity contribution in [1.29, 1.82) is 0 Å². The minimum atomic E-state index is -0.347. The van der Waals surface area contributed by atoms with Crippen molar-refractivity contribution < 1.29 is 13.6 Å². The summed E-state index contributed by atoms with van der Waals surface area (Å²) in [7, 11) is 0. The third-order valence-corrected chi connectivity index (χ3v) is 5.36. The molecule has 8 heteroatoms. The third-order valence-electron chi connectivity index (χ3n) is 3.82. The van der Waals surface area contributed by atoms with Crippen LogP contribution < -0.4 is 5.32 Å². The summed E-state index contributed by atoms with van der Waals surface area (Å²) in [6.45, 7) is 0. The highest BCUT2D eigenvalue weighted by atomic mass is 35.5. The molecule has 0 spiro atoms. The van der Waals surface area contributed by atoms with Crippen LogP contribution in [0.4, 0.5) is 10.1 Å². The minimum absolute atomic E-state index is 0.292. The zero-order valence-corrected chi connectivity index (χ0v) is 16.4. The number of nitrogens with zero attached hydrogens (tertiary/aromatic N) is 1. The van der Waals surface area contributed by atoms with Gasteiger partial charge in [-0.1, -0.05) is 29.3 Å². The van der Waals surface area contributed by atoms with E-state index in [0.29, 0.717) is 42.9 Å². The maximum atomic E-state index is 13.0. The molecule has 0 saturated carbocycles. The smallest absolute Gasteiger partial charge is 0.264 e. The number of carbonyl (C=O) groups excluding carboxylic acids is 1. The Balaban J connectivity index is 1.57. The second kappa shape index (κ2) is 7.83. The molecule has 0 bridgehead atoms. The van der Waals surface area contributed by atoms with Crippen LogP contribution in [0.15, 0.2) is 68.9 Å². The first-order chi connectivity index (χ1) is 13.5. The van der Waals surface area contributed by atoms with Gasteiger partial charge in [-0.25, -0.2) is 9.38 Å². The number of furan rings is 1. The minimum Gasteiger partial charge on any atom is -0.457 e. The van der Waals surface area contributed by atoms with Crippen LogP contribution in [0.3, 0.4) is 0 Å². The average Bonchev–Trinajstić information content (AvgIpc) is 3.24. The maximum absolute atomic E-state index is 13.0. The van der Waals surface area contributed by atoms with Crippen molar-refractivity contribution in [3.05, 3.63) is 81.1 Å².